The predicted octanol–water partition coefficient (Wildman–Crippen LogP) is 3.61. The zero-order valence-electron chi connectivity index (χ0n) is 16.1. The number of aromatic nitrogens is 3. The van der Waals surface area contributed by atoms with E-state index in [-0.39, 0.29) is 4.90 Å². The van der Waals surface area contributed by atoms with Crippen LogP contribution in [-0.4, -0.2) is 29.7 Å². The van der Waals surface area contributed by atoms with Gasteiger partial charge in [0.15, 0.2) is 5.13 Å². The molecular formula is C20H21N5O2S2. The van der Waals surface area contributed by atoms with Crippen molar-refractivity contribution >= 4 is 37.4 Å². The molecule has 0 bridgehead atoms. The Kier molecular flexibility index (Phi) is 5.35. The standard InChI is InChI=1S/C20H21N5O2S2/c1-3-22-29(26,27)15-8-6-7-14(11-15)12-21-20-23-17(13-28-20)19-16-9-4-5-10-18(16)25(2)24-19/h4-11,13,22H,3,12H2,1-2H3,(H,21,23). The molecule has 4 aromatic rings. The zero-order valence-corrected chi connectivity index (χ0v) is 17.7. The Morgan fingerprint density at radius 3 is 2.79 bits per heavy atom. The SMILES string of the molecule is CCNS(=O)(=O)c1cccc(CNc2nc(-c3nn(C)c4ccccc34)cs2)c1. The first-order chi connectivity index (χ1) is 14.0. The number of hydrogen-bond acceptors (Lipinski definition) is 6. The fourth-order valence-electron chi connectivity index (χ4n) is 3.14. The summed E-state index contributed by atoms with van der Waals surface area (Å²) in [4.78, 5) is 4.92. The molecule has 0 unspecified atom stereocenters. The lowest BCUT2D eigenvalue weighted by molar-refractivity contribution is 0.584. The predicted molar refractivity (Wildman–Crippen MR) is 116 cm³/mol. The molecule has 9 heteroatoms. The topological polar surface area (TPSA) is 88.9 Å². The van der Waals surface area contributed by atoms with Gasteiger partial charge in [0.2, 0.25) is 10.0 Å². The lowest BCUT2D eigenvalue weighted by atomic mass is 10.2. The highest BCUT2D eigenvalue weighted by molar-refractivity contribution is 7.89. The fraction of sp³-hybridized carbons (Fsp3) is 0.200. The van der Waals surface area contributed by atoms with Crippen molar-refractivity contribution in [1.82, 2.24) is 19.5 Å². The van der Waals surface area contributed by atoms with Gasteiger partial charge in [-0.2, -0.15) is 5.10 Å². The quantitative estimate of drug-likeness (QED) is 0.470. The summed E-state index contributed by atoms with van der Waals surface area (Å²) in [6.07, 6.45) is 0. The van der Waals surface area contributed by atoms with Crippen LogP contribution in [0.2, 0.25) is 0 Å². The van der Waals surface area contributed by atoms with Gasteiger partial charge in [-0.1, -0.05) is 37.3 Å². The first-order valence-corrected chi connectivity index (χ1v) is 11.5. The molecule has 0 spiro atoms. The van der Waals surface area contributed by atoms with Gasteiger partial charge in [-0.05, 0) is 23.8 Å². The summed E-state index contributed by atoms with van der Waals surface area (Å²) in [7, 11) is -1.55. The summed E-state index contributed by atoms with van der Waals surface area (Å²) in [5, 5.41) is 11.7. The fourth-order valence-corrected chi connectivity index (χ4v) is 4.95. The van der Waals surface area contributed by atoms with Crippen molar-refractivity contribution in [2.45, 2.75) is 18.4 Å². The Morgan fingerprint density at radius 1 is 1.14 bits per heavy atom. The van der Waals surface area contributed by atoms with Crippen LogP contribution in [0.5, 0.6) is 0 Å². The minimum Gasteiger partial charge on any atom is -0.357 e. The van der Waals surface area contributed by atoms with E-state index in [1.165, 1.54) is 11.3 Å². The van der Waals surface area contributed by atoms with Crippen molar-refractivity contribution in [2.75, 3.05) is 11.9 Å². The molecule has 0 aliphatic rings. The third kappa shape index (κ3) is 4.02. The number of benzene rings is 2. The zero-order chi connectivity index (χ0) is 20.4. The number of para-hydroxylation sites is 1. The van der Waals surface area contributed by atoms with Crippen LogP contribution in [0.15, 0.2) is 58.8 Å². The molecule has 2 aromatic heterocycles. The number of sulfonamides is 1. The van der Waals surface area contributed by atoms with Crippen LogP contribution in [0.4, 0.5) is 5.13 Å². The average Bonchev–Trinajstić information content (AvgIpc) is 3.32. The molecule has 2 heterocycles. The lowest BCUT2D eigenvalue weighted by Crippen LogP contribution is -2.23. The molecule has 0 aliphatic heterocycles. The summed E-state index contributed by atoms with van der Waals surface area (Å²) < 4.78 is 28.7. The molecule has 0 saturated heterocycles. The number of fused-ring (bicyclic) bond motifs is 1. The minimum absolute atomic E-state index is 0.262. The maximum atomic E-state index is 12.2. The van der Waals surface area contributed by atoms with Gasteiger partial charge in [-0.25, -0.2) is 18.1 Å². The number of thiazole rings is 1. The average molecular weight is 428 g/mol. The monoisotopic (exact) mass is 427 g/mol. The van der Waals surface area contributed by atoms with E-state index in [0.717, 1.165) is 33.0 Å². The number of aryl methyl sites for hydroxylation is 1. The second-order valence-corrected chi connectivity index (χ2v) is 9.15. The molecule has 2 N–H and O–H groups in total. The maximum Gasteiger partial charge on any atom is 0.240 e. The van der Waals surface area contributed by atoms with Gasteiger partial charge in [0.25, 0.3) is 0 Å². The highest BCUT2D eigenvalue weighted by Crippen LogP contribution is 2.30. The molecule has 4 rings (SSSR count). The smallest absolute Gasteiger partial charge is 0.240 e. The largest absolute Gasteiger partial charge is 0.357 e. The van der Waals surface area contributed by atoms with Crippen LogP contribution in [-0.2, 0) is 23.6 Å². The summed E-state index contributed by atoms with van der Waals surface area (Å²) >= 11 is 1.50. The molecular weight excluding hydrogens is 406 g/mol. The molecule has 0 saturated carbocycles. The molecule has 0 radical (unpaired) electrons. The van der Waals surface area contributed by atoms with E-state index in [4.69, 9.17) is 0 Å². The van der Waals surface area contributed by atoms with E-state index >= 15 is 0 Å². The second kappa shape index (κ2) is 7.94. The molecule has 0 amide bonds. The minimum atomic E-state index is -3.47. The van der Waals surface area contributed by atoms with Gasteiger partial charge in [0.05, 0.1) is 10.4 Å². The van der Waals surface area contributed by atoms with Crippen molar-refractivity contribution in [2.24, 2.45) is 7.05 Å². The molecule has 0 atom stereocenters. The number of hydrogen-bond donors (Lipinski definition) is 2. The van der Waals surface area contributed by atoms with Crippen molar-refractivity contribution in [1.29, 1.82) is 0 Å². The first kappa shape index (κ1) is 19.6. The normalized spacial score (nSPS) is 11.8. The van der Waals surface area contributed by atoms with Gasteiger partial charge in [0.1, 0.15) is 11.4 Å². The highest BCUT2D eigenvalue weighted by atomic mass is 32.2. The number of nitrogens with one attached hydrogen (secondary N) is 2. The summed E-state index contributed by atoms with van der Waals surface area (Å²) in [6.45, 7) is 2.59. The third-order valence-corrected chi connectivity index (χ3v) is 6.83. The Morgan fingerprint density at radius 2 is 1.97 bits per heavy atom. The van der Waals surface area contributed by atoms with Gasteiger partial charge >= 0.3 is 0 Å². The van der Waals surface area contributed by atoms with E-state index < -0.39 is 10.0 Å². The Hall–Kier alpha value is -2.75. The van der Waals surface area contributed by atoms with E-state index in [1.54, 1.807) is 25.1 Å². The van der Waals surface area contributed by atoms with Gasteiger partial charge < -0.3 is 5.32 Å². The lowest BCUT2D eigenvalue weighted by Gasteiger charge is -2.07. The molecule has 2 aromatic carbocycles. The summed E-state index contributed by atoms with van der Waals surface area (Å²) in [6, 6.07) is 15.0. The highest BCUT2D eigenvalue weighted by Gasteiger charge is 2.14. The first-order valence-electron chi connectivity index (χ1n) is 9.18. The van der Waals surface area contributed by atoms with Gasteiger partial charge in [-0.15, -0.1) is 11.3 Å². The van der Waals surface area contributed by atoms with Crippen molar-refractivity contribution < 1.29 is 8.42 Å². The van der Waals surface area contributed by atoms with E-state index in [0.29, 0.717) is 13.1 Å². The Labute approximate surface area is 173 Å². The van der Waals surface area contributed by atoms with Crippen LogP contribution >= 0.6 is 11.3 Å². The van der Waals surface area contributed by atoms with Crippen molar-refractivity contribution in [3.05, 3.63) is 59.5 Å². The van der Waals surface area contributed by atoms with Crippen LogP contribution in [0.1, 0.15) is 12.5 Å². The second-order valence-electron chi connectivity index (χ2n) is 6.53. The van der Waals surface area contributed by atoms with E-state index in [9.17, 15) is 8.42 Å². The third-order valence-electron chi connectivity index (χ3n) is 4.49. The van der Waals surface area contributed by atoms with Crippen LogP contribution < -0.4 is 10.0 Å². The Balaban J connectivity index is 1.52. The number of anilines is 1. The number of rotatable bonds is 7. The van der Waals surface area contributed by atoms with Crippen molar-refractivity contribution in [3.8, 4) is 11.4 Å². The van der Waals surface area contributed by atoms with E-state index in [1.807, 2.05) is 47.4 Å². The van der Waals surface area contributed by atoms with Crippen LogP contribution in [0.3, 0.4) is 0 Å². The Bertz CT molecular complexity index is 1260. The summed E-state index contributed by atoms with van der Waals surface area (Å²) in [5.74, 6) is 0. The van der Waals surface area contributed by atoms with Crippen LogP contribution in [0.25, 0.3) is 22.3 Å². The summed E-state index contributed by atoms with van der Waals surface area (Å²) in [5.41, 5.74) is 3.59. The van der Waals surface area contributed by atoms with Gasteiger partial charge in [0, 0.05) is 30.9 Å². The molecule has 29 heavy (non-hydrogen) atoms. The molecule has 0 aliphatic carbocycles. The number of nitrogens with zero attached hydrogens (tertiary/aromatic N) is 3. The van der Waals surface area contributed by atoms with Crippen LogP contribution in [0, 0.1) is 0 Å². The van der Waals surface area contributed by atoms with E-state index in [2.05, 4.69) is 20.1 Å². The molecule has 7 nitrogen and oxygen atoms in total. The molecule has 0 fully saturated rings. The van der Waals surface area contributed by atoms with Crippen molar-refractivity contribution in [3.63, 3.8) is 0 Å². The molecule has 150 valence electrons. The van der Waals surface area contributed by atoms with Gasteiger partial charge in [-0.3, -0.25) is 4.68 Å². The maximum absolute atomic E-state index is 12.2.